The lowest BCUT2D eigenvalue weighted by Crippen LogP contribution is -2.26. The van der Waals surface area contributed by atoms with E-state index < -0.39 is 5.97 Å². The van der Waals surface area contributed by atoms with Gasteiger partial charge in [-0.1, -0.05) is 30.5 Å². The van der Waals surface area contributed by atoms with Crippen LogP contribution in [-0.2, 0) is 0 Å². The lowest BCUT2D eigenvalue weighted by Gasteiger charge is -2.17. The third-order valence-electron chi connectivity index (χ3n) is 8.13. The first-order chi connectivity index (χ1) is 19.7. The van der Waals surface area contributed by atoms with Gasteiger partial charge in [-0.2, -0.15) is 0 Å². The molecule has 0 unspecified atom stereocenters. The van der Waals surface area contributed by atoms with Crippen LogP contribution in [0.15, 0.2) is 54.6 Å². The second-order valence-corrected chi connectivity index (χ2v) is 12.6. The molecule has 3 aromatic carbocycles. The van der Waals surface area contributed by atoms with Crippen LogP contribution in [0.5, 0.6) is 17.2 Å². The van der Waals surface area contributed by atoms with Gasteiger partial charge >= 0.3 is 5.97 Å². The van der Waals surface area contributed by atoms with E-state index in [2.05, 4.69) is 4.90 Å². The second-order valence-electron chi connectivity index (χ2n) is 11.5. The number of thiophene rings is 1. The number of carbonyl (C=O) groups is 2. The summed E-state index contributed by atoms with van der Waals surface area (Å²) in [5, 5.41) is 10.2. The number of rotatable bonds is 10. The number of likely N-dealkylation sites (tertiary alicyclic amines) is 1. The predicted octanol–water partition coefficient (Wildman–Crippen LogP) is 7.80. The van der Waals surface area contributed by atoms with Gasteiger partial charge in [0, 0.05) is 28.7 Å². The van der Waals surface area contributed by atoms with Gasteiger partial charge in [0.2, 0.25) is 5.78 Å². The van der Waals surface area contributed by atoms with E-state index in [0.717, 1.165) is 47.9 Å². The van der Waals surface area contributed by atoms with Crippen LogP contribution < -0.4 is 9.47 Å². The molecular formula is C34H35NO5S. The number of nitrogens with zero attached hydrogens (tertiary/aromatic N) is 1. The van der Waals surface area contributed by atoms with Gasteiger partial charge in [0.05, 0.1) is 5.56 Å². The molecule has 212 valence electrons. The van der Waals surface area contributed by atoms with E-state index in [1.54, 1.807) is 18.2 Å². The highest BCUT2D eigenvalue weighted by atomic mass is 32.1. The molecule has 0 amide bonds. The fourth-order valence-electron chi connectivity index (χ4n) is 5.87. The number of carboxylic acids is 1. The molecule has 1 atom stereocenters. The van der Waals surface area contributed by atoms with Crippen molar-refractivity contribution in [2.75, 3.05) is 19.6 Å². The van der Waals surface area contributed by atoms with E-state index in [1.807, 2.05) is 57.2 Å². The van der Waals surface area contributed by atoms with Gasteiger partial charge in [0.25, 0.3) is 0 Å². The Morgan fingerprint density at radius 1 is 0.951 bits per heavy atom. The van der Waals surface area contributed by atoms with Gasteiger partial charge in [0.1, 0.15) is 22.5 Å². The first-order valence-electron chi connectivity index (χ1n) is 14.3. The summed E-state index contributed by atoms with van der Waals surface area (Å²) in [5.41, 5.74) is 3.73. The Morgan fingerprint density at radius 2 is 1.66 bits per heavy atom. The van der Waals surface area contributed by atoms with Crippen molar-refractivity contribution in [2.45, 2.75) is 52.6 Å². The number of ether oxygens (including phenoxy) is 2. The standard InChI is InChI=1S/C34H35NO5S/c1-20-16-21(2)30(22(3)17-20)31(36)33-32(28-11-6-24(34(37)38)18-29(28)41-33)40-26-9-7-25(8-10-26)39-27-13-15-35(19-27)14-12-23-4-5-23/h6-11,16-18,23,27H,4-5,12-15,19H2,1-3H3,(H,37,38)/t27-/m0/s1. The van der Waals surface area contributed by atoms with Gasteiger partial charge < -0.3 is 14.6 Å². The molecule has 0 bridgehead atoms. The summed E-state index contributed by atoms with van der Waals surface area (Å²) in [5.74, 6) is 1.65. The van der Waals surface area contributed by atoms with Crippen LogP contribution in [0.1, 0.15) is 68.0 Å². The Bertz CT molecular complexity index is 1600. The average Bonchev–Trinajstić information content (AvgIpc) is 3.55. The van der Waals surface area contributed by atoms with E-state index >= 15 is 0 Å². The molecule has 0 spiro atoms. The number of carbonyl (C=O) groups excluding carboxylic acids is 1. The minimum atomic E-state index is -1.01. The fraction of sp³-hybridized carbons (Fsp3) is 0.353. The second kappa shape index (κ2) is 11.3. The van der Waals surface area contributed by atoms with E-state index in [0.29, 0.717) is 32.0 Å². The molecule has 4 aromatic rings. The van der Waals surface area contributed by atoms with Gasteiger partial charge in [0.15, 0.2) is 5.75 Å². The highest BCUT2D eigenvalue weighted by molar-refractivity contribution is 7.21. The van der Waals surface area contributed by atoms with E-state index in [9.17, 15) is 14.7 Å². The molecule has 0 radical (unpaired) electrons. The average molecular weight is 570 g/mol. The summed E-state index contributed by atoms with van der Waals surface area (Å²) >= 11 is 1.27. The van der Waals surface area contributed by atoms with Crippen molar-refractivity contribution < 1.29 is 24.2 Å². The lowest BCUT2D eigenvalue weighted by molar-refractivity contribution is 0.0697. The number of hydrogen-bond donors (Lipinski definition) is 1. The largest absolute Gasteiger partial charge is 0.489 e. The van der Waals surface area contributed by atoms with Gasteiger partial charge in [-0.15, -0.1) is 11.3 Å². The molecule has 1 aliphatic carbocycles. The van der Waals surface area contributed by atoms with Crippen LogP contribution in [0, 0.1) is 26.7 Å². The number of benzene rings is 3. The molecule has 2 aliphatic rings. The third kappa shape index (κ3) is 6.02. The van der Waals surface area contributed by atoms with Crippen LogP contribution in [0.25, 0.3) is 10.1 Å². The van der Waals surface area contributed by atoms with Gasteiger partial charge in [-0.25, -0.2) is 4.79 Å². The summed E-state index contributed by atoms with van der Waals surface area (Å²) in [6, 6.07) is 16.4. The van der Waals surface area contributed by atoms with Crippen molar-refractivity contribution in [3.05, 3.63) is 87.3 Å². The van der Waals surface area contributed by atoms with Crippen molar-refractivity contribution in [1.82, 2.24) is 4.90 Å². The number of hydrogen-bond acceptors (Lipinski definition) is 6. The molecule has 1 aromatic heterocycles. The zero-order chi connectivity index (χ0) is 28.7. The first kappa shape index (κ1) is 27.5. The van der Waals surface area contributed by atoms with Crippen LogP contribution in [-0.4, -0.2) is 47.5 Å². The van der Waals surface area contributed by atoms with Crippen LogP contribution in [0.3, 0.4) is 0 Å². The van der Waals surface area contributed by atoms with E-state index in [-0.39, 0.29) is 17.5 Å². The molecule has 2 fully saturated rings. The molecule has 6 rings (SSSR count). The summed E-state index contributed by atoms with van der Waals surface area (Å²) in [6.07, 6.45) is 5.32. The summed E-state index contributed by atoms with van der Waals surface area (Å²) in [6.45, 7) is 9.12. The molecule has 6 nitrogen and oxygen atoms in total. The monoisotopic (exact) mass is 569 g/mol. The normalized spacial score (nSPS) is 17.2. The number of carboxylic acid groups (broad SMARTS) is 1. The molecular weight excluding hydrogens is 534 g/mol. The fourth-order valence-corrected chi connectivity index (χ4v) is 6.99. The van der Waals surface area contributed by atoms with Crippen LogP contribution >= 0.6 is 11.3 Å². The molecule has 1 N–H and O–H groups in total. The SMILES string of the molecule is Cc1cc(C)c(C(=O)c2sc3cc(C(=O)O)ccc3c2Oc2ccc(O[C@H]3CCN(CCC4CC4)C3)cc2)c(C)c1. The molecule has 41 heavy (non-hydrogen) atoms. The third-order valence-corrected chi connectivity index (χ3v) is 9.26. The minimum absolute atomic E-state index is 0.125. The van der Waals surface area contributed by atoms with Crippen molar-refractivity contribution >= 4 is 33.2 Å². The molecule has 1 saturated carbocycles. The Kier molecular flexibility index (Phi) is 7.58. The summed E-state index contributed by atoms with van der Waals surface area (Å²) in [4.78, 5) is 28.5. The molecule has 7 heteroatoms. The van der Waals surface area contributed by atoms with Crippen LogP contribution in [0.4, 0.5) is 0 Å². The number of aromatic carboxylic acids is 1. The predicted molar refractivity (Wildman–Crippen MR) is 162 cm³/mol. The van der Waals surface area contributed by atoms with Crippen molar-refractivity contribution in [3.63, 3.8) is 0 Å². The van der Waals surface area contributed by atoms with Crippen LogP contribution in [0.2, 0.25) is 0 Å². The van der Waals surface area contributed by atoms with E-state index in [4.69, 9.17) is 9.47 Å². The Hall–Kier alpha value is -3.68. The number of fused-ring (bicyclic) bond motifs is 1. The highest BCUT2D eigenvalue weighted by Gasteiger charge is 2.28. The number of aryl methyl sites for hydroxylation is 3. The molecule has 1 aliphatic heterocycles. The maximum absolute atomic E-state index is 14.0. The first-order valence-corrected chi connectivity index (χ1v) is 15.2. The maximum atomic E-state index is 14.0. The number of ketones is 1. The van der Waals surface area contributed by atoms with Gasteiger partial charge in [-0.3, -0.25) is 9.69 Å². The van der Waals surface area contributed by atoms with E-state index in [1.165, 1.54) is 37.1 Å². The Morgan fingerprint density at radius 3 is 2.34 bits per heavy atom. The highest BCUT2D eigenvalue weighted by Crippen LogP contribution is 2.43. The van der Waals surface area contributed by atoms with Gasteiger partial charge in [-0.05, 0) is 99.7 Å². The quantitative estimate of drug-likeness (QED) is 0.196. The molecule has 1 saturated heterocycles. The summed E-state index contributed by atoms with van der Waals surface area (Å²) < 4.78 is 13.4. The molecule has 2 heterocycles. The van der Waals surface area contributed by atoms with Crippen molar-refractivity contribution in [3.8, 4) is 17.2 Å². The topological polar surface area (TPSA) is 76.1 Å². The van der Waals surface area contributed by atoms with Crippen molar-refractivity contribution in [1.29, 1.82) is 0 Å². The zero-order valence-corrected chi connectivity index (χ0v) is 24.6. The summed E-state index contributed by atoms with van der Waals surface area (Å²) in [7, 11) is 0. The Labute approximate surface area is 244 Å². The smallest absolute Gasteiger partial charge is 0.335 e. The van der Waals surface area contributed by atoms with Crippen molar-refractivity contribution in [2.24, 2.45) is 5.92 Å². The minimum Gasteiger partial charge on any atom is -0.489 e. The zero-order valence-electron chi connectivity index (χ0n) is 23.7. The Balaban J connectivity index is 1.25. The maximum Gasteiger partial charge on any atom is 0.335 e. The lowest BCUT2D eigenvalue weighted by atomic mass is 9.95.